The fourth-order valence-electron chi connectivity index (χ4n) is 3.73. The third kappa shape index (κ3) is 3.98. The summed E-state index contributed by atoms with van der Waals surface area (Å²) < 4.78 is 5.37. The van der Waals surface area contributed by atoms with E-state index >= 15 is 0 Å². The summed E-state index contributed by atoms with van der Waals surface area (Å²) in [6, 6.07) is 9.08. The van der Waals surface area contributed by atoms with Crippen molar-refractivity contribution in [1.82, 2.24) is 14.7 Å². The number of hydrogen-bond acceptors (Lipinski definition) is 4. The SMILES string of the molecule is O=C(C1CC1)N1CCN(C(=O)[C@H]2COCC(=O)N2Cc2ccccc2)CC1. The van der Waals surface area contributed by atoms with E-state index in [0.29, 0.717) is 32.7 Å². The molecule has 3 aliphatic rings. The number of carbonyl (C=O) groups excluding carboxylic acids is 3. The molecule has 0 spiro atoms. The van der Waals surface area contributed by atoms with Crippen LogP contribution in [0.2, 0.25) is 0 Å². The minimum Gasteiger partial charge on any atom is -0.369 e. The van der Waals surface area contributed by atoms with Gasteiger partial charge in [0.15, 0.2) is 0 Å². The fraction of sp³-hybridized carbons (Fsp3) is 0.550. The Bertz CT molecular complexity index is 711. The minimum atomic E-state index is -0.600. The summed E-state index contributed by atoms with van der Waals surface area (Å²) >= 11 is 0. The predicted molar refractivity (Wildman–Crippen MR) is 97.5 cm³/mol. The number of piperazine rings is 1. The molecule has 3 fully saturated rings. The monoisotopic (exact) mass is 371 g/mol. The van der Waals surface area contributed by atoms with Gasteiger partial charge in [0.25, 0.3) is 0 Å². The van der Waals surface area contributed by atoms with Gasteiger partial charge < -0.3 is 19.4 Å². The van der Waals surface area contributed by atoms with E-state index in [4.69, 9.17) is 4.74 Å². The molecule has 0 unspecified atom stereocenters. The molecule has 2 heterocycles. The third-order valence-corrected chi connectivity index (χ3v) is 5.51. The van der Waals surface area contributed by atoms with E-state index in [-0.39, 0.29) is 36.9 Å². The van der Waals surface area contributed by atoms with Crippen LogP contribution in [-0.4, -0.2) is 77.9 Å². The second-order valence-corrected chi connectivity index (χ2v) is 7.46. The zero-order valence-corrected chi connectivity index (χ0v) is 15.4. The summed E-state index contributed by atoms with van der Waals surface area (Å²) in [4.78, 5) is 42.9. The van der Waals surface area contributed by atoms with Gasteiger partial charge in [-0.3, -0.25) is 14.4 Å². The quantitative estimate of drug-likeness (QED) is 0.773. The minimum absolute atomic E-state index is 0.0142. The lowest BCUT2D eigenvalue weighted by atomic mass is 10.1. The number of nitrogens with zero attached hydrogens (tertiary/aromatic N) is 3. The van der Waals surface area contributed by atoms with Crippen molar-refractivity contribution in [2.75, 3.05) is 39.4 Å². The van der Waals surface area contributed by atoms with Crippen molar-refractivity contribution < 1.29 is 19.1 Å². The summed E-state index contributed by atoms with van der Waals surface area (Å²) in [6.07, 6.45) is 1.99. The number of benzene rings is 1. The highest BCUT2D eigenvalue weighted by atomic mass is 16.5. The van der Waals surface area contributed by atoms with Gasteiger partial charge in [-0.25, -0.2) is 0 Å². The van der Waals surface area contributed by atoms with Crippen LogP contribution in [0.5, 0.6) is 0 Å². The first kappa shape index (κ1) is 18.0. The van der Waals surface area contributed by atoms with Crippen LogP contribution < -0.4 is 0 Å². The van der Waals surface area contributed by atoms with Gasteiger partial charge in [-0.05, 0) is 18.4 Å². The third-order valence-electron chi connectivity index (χ3n) is 5.51. The zero-order chi connectivity index (χ0) is 18.8. The maximum atomic E-state index is 13.1. The Labute approximate surface area is 158 Å². The summed E-state index contributed by atoms with van der Waals surface area (Å²) in [7, 11) is 0. The van der Waals surface area contributed by atoms with Crippen molar-refractivity contribution in [2.45, 2.75) is 25.4 Å². The molecule has 7 nitrogen and oxygen atoms in total. The molecule has 1 aromatic rings. The van der Waals surface area contributed by atoms with Crippen LogP contribution in [0, 0.1) is 5.92 Å². The van der Waals surface area contributed by atoms with Gasteiger partial charge in [0.1, 0.15) is 12.6 Å². The second kappa shape index (κ2) is 7.68. The first-order chi connectivity index (χ1) is 13.1. The van der Waals surface area contributed by atoms with Gasteiger partial charge >= 0.3 is 0 Å². The molecular formula is C20H25N3O4. The molecule has 2 saturated heterocycles. The van der Waals surface area contributed by atoms with E-state index in [1.807, 2.05) is 35.2 Å². The van der Waals surface area contributed by atoms with Gasteiger partial charge in [0, 0.05) is 38.6 Å². The molecule has 1 saturated carbocycles. The van der Waals surface area contributed by atoms with Gasteiger partial charge in [0.05, 0.1) is 6.61 Å². The van der Waals surface area contributed by atoms with E-state index in [9.17, 15) is 14.4 Å². The Morgan fingerprint density at radius 1 is 0.963 bits per heavy atom. The lowest BCUT2D eigenvalue weighted by molar-refractivity contribution is -0.161. The topological polar surface area (TPSA) is 70.2 Å². The Morgan fingerprint density at radius 2 is 1.59 bits per heavy atom. The number of rotatable bonds is 4. The van der Waals surface area contributed by atoms with E-state index in [1.54, 1.807) is 9.80 Å². The van der Waals surface area contributed by atoms with E-state index in [0.717, 1.165) is 18.4 Å². The number of ether oxygens (including phenoxy) is 1. The van der Waals surface area contributed by atoms with Crippen LogP contribution in [0.4, 0.5) is 0 Å². The second-order valence-electron chi connectivity index (χ2n) is 7.46. The average Bonchev–Trinajstić information content (AvgIpc) is 3.55. The standard InChI is InChI=1S/C20H25N3O4/c24-18-14-27-13-17(23(18)12-15-4-2-1-3-5-15)20(26)22-10-8-21(9-11-22)19(25)16-6-7-16/h1-5,16-17H,6-14H2/t17-/m1/s1. The Morgan fingerprint density at radius 3 is 2.22 bits per heavy atom. The largest absolute Gasteiger partial charge is 0.369 e. The first-order valence-corrected chi connectivity index (χ1v) is 9.62. The van der Waals surface area contributed by atoms with Crippen LogP contribution in [0.15, 0.2) is 30.3 Å². The molecule has 4 rings (SSSR count). The van der Waals surface area contributed by atoms with Gasteiger partial charge in [0.2, 0.25) is 17.7 Å². The molecule has 1 aliphatic carbocycles. The van der Waals surface area contributed by atoms with Crippen LogP contribution >= 0.6 is 0 Å². The van der Waals surface area contributed by atoms with Crippen molar-refractivity contribution in [1.29, 1.82) is 0 Å². The Balaban J connectivity index is 1.40. The lowest BCUT2D eigenvalue weighted by Gasteiger charge is -2.40. The first-order valence-electron chi connectivity index (χ1n) is 9.62. The number of amides is 3. The highest BCUT2D eigenvalue weighted by Gasteiger charge is 2.39. The molecule has 1 atom stereocenters. The van der Waals surface area contributed by atoms with Gasteiger partial charge in [-0.15, -0.1) is 0 Å². The van der Waals surface area contributed by atoms with Crippen LogP contribution in [0.3, 0.4) is 0 Å². The van der Waals surface area contributed by atoms with E-state index in [1.165, 1.54) is 0 Å². The molecule has 0 bridgehead atoms. The summed E-state index contributed by atoms with van der Waals surface area (Å²) in [6.45, 7) is 2.81. The predicted octanol–water partition coefficient (Wildman–Crippen LogP) is 0.495. The fourth-order valence-corrected chi connectivity index (χ4v) is 3.73. The summed E-state index contributed by atoms with van der Waals surface area (Å²) in [5, 5.41) is 0. The molecule has 144 valence electrons. The molecule has 3 amide bonds. The van der Waals surface area contributed by atoms with Crippen molar-refractivity contribution in [3.05, 3.63) is 35.9 Å². The molecule has 27 heavy (non-hydrogen) atoms. The average molecular weight is 371 g/mol. The zero-order valence-electron chi connectivity index (χ0n) is 15.4. The molecule has 0 radical (unpaired) electrons. The van der Waals surface area contributed by atoms with Crippen LogP contribution in [0.25, 0.3) is 0 Å². The Hall–Kier alpha value is -2.41. The van der Waals surface area contributed by atoms with Gasteiger partial charge in [-0.2, -0.15) is 0 Å². The summed E-state index contributed by atoms with van der Waals surface area (Å²) in [5.74, 6) is 0.186. The molecule has 2 aliphatic heterocycles. The van der Waals surface area contributed by atoms with Crippen molar-refractivity contribution in [3.8, 4) is 0 Å². The smallest absolute Gasteiger partial charge is 0.249 e. The molecule has 7 heteroatoms. The van der Waals surface area contributed by atoms with E-state index in [2.05, 4.69) is 0 Å². The van der Waals surface area contributed by atoms with Crippen LogP contribution in [0.1, 0.15) is 18.4 Å². The van der Waals surface area contributed by atoms with Crippen molar-refractivity contribution in [2.24, 2.45) is 5.92 Å². The Kier molecular flexibility index (Phi) is 5.11. The van der Waals surface area contributed by atoms with Crippen molar-refractivity contribution >= 4 is 17.7 Å². The van der Waals surface area contributed by atoms with Crippen LogP contribution in [-0.2, 0) is 25.7 Å². The van der Waals surface area contributed by atoms with Crippen molar-refractivity contribution in [3.63, 3.8) is 0 Å². The number of hydrogen-bond donors (Lipinski definition) is 0. The lowest BCUT2D eigenvalue weighted by Crippen LogP contribution is -2.60. The number of morpholine rings is 1. The van der Waals surface area contributed by atoms with Gasteiger partial charge in [-0.1, -0.05) is 30.3 Å². The molecule has 1 aromatic carbocycles. The maximum Gasteiger partial charge on any atom is 0.249 e. The molecule has 0 aromatic heterocycles. The molecule has 0 N–H and O–H groups in total. The number of carbonyl (C=O) groups is 3. The normalized spacial score (nSPS) is 23.5. The summed E-state index contributed by atoms with van der Waals surface area (Å²) in [5.41, 5.74) is 0.991. The highest BCUT2D eigenvalue weighted by Crippen LogP contribution is 2.31. The van der Waals surface area contributed by atoms with E-state index < -0.39 is 6.04 Å². The maximum absolute atomic E-state index is 13.1. The molecular weight excluding hydrogens is 346 g/mol. The highest BCUT2D eigenvalue weighted by molar-refractivity contribution is 5.89.